The Morgan fingerprint density at radius 3 is 2.52 bits per heavy atom. The molecule has 0 amide bonds. The molecule has 0 radical (unpaired) electrons. The molecule has 0 fully saturated rings. The second-order valence-electron chi connectivity index (χ2n) is 5.52. The van der Waals surface area contributed by atoms with Gasteiger partial charge < -0.3 is 0 Å². The quantitative estimate of drug-likeness (QED) is 0.637. The van der Waals surface area contributed by atoms with Gasteiger partial charge in [-0.15, -0.1) is 0 Å². The monoisotopic (exact) mass is 377 g/mol. The van der Waals surface area contributed by atoms with Crippen molar-refractivity contribution in [2.75, 3.05) is 0 Å². The van der Waals surface area contributed by atoms with Crippen molar-refractivity contribution in [1.29, 1.82) is 0 Å². The van der Waals surface area contributed by atoms with E-state index >= 15 is 0 Å². The number of benzene rings is 2. The Kier molecular flexibility index (Phi) is 4.79. The van der Waals surface area contributed by atoms with Crippen LogP contribution in [-0.4, -0.2) is 15.5 Å². The van der Waals surface area contributed by atoms with E-state index in [1.165, 1.54) is 28.9 Å². The van der Waals surface area contributed by atoms with Crippen molar-refractivity contribution >= 4 is 34.6 Å². The summed E-state index contributed by atoms with van der Waals surface area (Å²) in [4.78, 5) is 17.2. The molecule has 1 aromatic heterocycles. The Morgan fingerprint density at radius 1 is 1.16 bits per heavy atom. The highest BCUT2D eigenvalue weighted by molar-refractivity contribution is 6.35. The van der Waals surface area contributed by atoms with Gasteiger partial charge in [0.1, 0.15) is 5.82 Å². The van der Waals surface area contributed by atoms with Gasteiger partial charge in [0, 0.05) is 10.7 Å². The number of nitrogens with one attached hydrogen (secondary N) is 1. The fraction of sp³-hybridized carbons (Fsp3) is 0.111. The van der Waals surface area contributed by atoms with Gasteiger partial charge in [0.05, 0.1) is 27.7 Å². The van der Waals surface area contributed by atoms with E-state index in [4.69, 9.17) is 23.2 Å². The van der Waals surface area contributed by atoms with Crippen molar-refractivity contribution in [3.8, 4) is 5.69 Å². The van der Waals surface area contributed by atoms with E-state index in [1.54, 1.807) is 32.0 Å². The molecule has 0 saturated carbocycles. The van der Waals surface area contributed by atoms with E-state index in [1.807, 2.05) is 0 Å². The van der Waals surface area contributed by atoms with Gasteiger partial charge in [-0.1, -0.05) is 23.2 Å². The molecule has 128 valence electrons. The van der Waals surface area contributed by atoms with Gasteiger partial charge in [0.2, 0.25) is 0 Å². The smallest absolute Gasteiger partial charge is 0.280 e. The number of hydrogen-bond acceptors (Lipinski definition) is 2. The maximum absolute atomic E-state index is 13.1. The van der Waals surface area contributed by atoms with Crippen LogP contribution in [0.2, 0.25) is 10.0 Å². The van der Waals surface area contributed by atoms with E-state index in [0.717, 1.165) is 0 Å². The van der Waals surface area contributed by atoms with Crippen LogP contribution in [0.25, 0.3) is 5.69 Å². The maximum atomic E-state index is 13.1. The van der Waals surface area contributed by atoms with Crippen LogP contribution in [0.3, 0.4) is 0 Å². The Hall–Kier alpha value is -2.37. The van der Waals surface area contributed by atoms with Crippen molar-refractivity contribution in [3.63, 3.8) is 0 Å². The highest BCUT2D eigenvalue weighted by Crippen LogP contribution is 2.28. The fourth-order valence-electron chi connectivity index (χ4n) is 2.55. The van der Waals surface area contributed by atoms with Crippen LogP contribution in [0.4, 0.5) is 10.1 Å². The molecule has 0 aliphatic rings. The Morgan fingerprint density at radius 2 is 1.84 bits per heavy atom. The van der Waals surface area contributed by atoms with Crippen molar-refractivity contribution in [2.45, 2.75) is 13.8 Å². The minimum absolute atomic E-state index is 0.275. The molecule has 0 unspecified atom stereocenters. The lowest BCUT2D eigenvalue weighted by molar-refractivity contribution is 0.627. The van der Waals surface area contributed by atoms with Crippen LogP contribution in [-0.2, 0) is 0 Å². The molecule has 7 heteroatoms. The summed E-state index contributed by atoms with van der Waals surface area (Å²) in [6, 6.07) is 10.6. The molecule has 4 nitrogen and oxygen atoms in total. The first-order chi connectivity index (χ1) is 11.9. The SMILES string of the molecule is CC(=Nc1cc(Cl)ccc1Cl)c1c(C)[nH]n(-c2ccc(F)cc2)c1=O. The lowest BCUT2D eigenvalue weighted by Gasteiger charge is -2.02. The molecule has 1 heterocycles. The van der Waals surface area contributed by atoms with Gasteiger partial charge in [-0.05, 0) is 56.3 Å². The number of aromatic amines is 1. The van der Waals surface area contributed by atoms with Crippen molar-refractivity contribution in [2.24, 2.45) is 4.99 Å². The third kappa shape index (κ3) is 3.52. The third-order valence-corrected chi connectivity index (χ3v) is 4.27. The van der Waals surface area contributed by atoms with Crippen LogP contribution in [0, 0.1) is 12.7 Å². The van der Waals surface area contributed by atoms with Crippen molar-refractivity contribution in [3.05, 3.63) is 79.9 Å². The summed E-state index contributed by atoms with van der Waals surface area (Å²) in [5.74, 6) is -0.367. The largest absolute Gasteiger partial charge is 0.295 e. The summed E-state index contributed by atoms with van der Waals surface area (Å²) < 4.78 is 14.4. The molecule has 0 bridgehead atoms. The summed E-state index contributed by atoms with van der Waals surface area (Å²) in [5.41, 5.74) is 2.33. The van der Waals surface area contributed by atoms with Crippen LogP contribution >= 0.6 is 23.2 Å². The van der Waals surface area contributed by atoms with Crippen LogP contribution in [0.1, 0.15) is 18.2 Å². The zero-order chi connectivity index (χ0) is 18.1. The zero-order valence-electron chi connectivity index (χ0n) is 13.5. The van der Waals surface area contributed by atoms with Crippen LogP contribution in [0.15, 0.2) is 52.3 Å². The Bertz CT molecular complexity index is 1020. The fourth-order valence-corrected chi connectivity index (χ4v) is 2.88. The number of rotatable bonds is 3. The van der Waals surface area contributed by atoms with Gasteiger partial charge in [0.25, 0.3) is 5.56 Å². The second kappa shape index (κ2) is 6.86. The van der Waals surface area contributed by atoms with E-state index in [0.29, 0.717) is 38.4 Å². The van der Waals surface area contributed by atoms with Crippen LogP contribution < -0.4 is 5.56 Å². The Balaban J connectivity index is 2.09. The predicted molar refractivity (Wildman–Crippen MR) is 99.4 cm³/mol. The maximum Gasteiger partial charge on any atom is 0.280 e. The number of halogens is 3. The molecule has 3 rings (SSSR count). The standard InChI is InChI=1S/C18H14Cl2FN3O/c1-10(22-16-9-12(19)3-8-15(16)20)17-11(2)23-24(18(17)25)14-6-4-13(21)5-7-14/h3-9,23H,1-2H3. The molecule has 0 atom stereocenters. The van der Waals surface area contributed by atoms with Gasteiger partial charge in [0.15, 0.2) is 0 Å². The summed E-state index contributed by atoms with van der Waals surface area (Å²) in [5, 5.41) is 3.93. The Labute approximate surface area is 153 Å². The molecule has 0 aliphatic carbocycles. The molecule has 1 N–H and O–H groups in total. The van der Waals surface area contributed by atoms with Crippen molar-refractivity contribution in [1.82, 2.24) is 9.78 Å². The number of aliphatic imine (C=N–C) groups is 1. The minimum Gasteiger partial charge on any atom is -0.295 e. The molecule has 0 spiro atoms. The molecule has 2 aromatic carbocycles. The molecular formula is C18H14Cl2FN3O. The average Bonchev–Trinajstić information content (AvgIpc) is 2.86. The van der Waals surface area contributed by atoms with E-state index in [9.17, 15) is 9.18 Å². The highest BCUT2D eigenvalue weighted by Gasteiger charge is 2.15. The summed E-state index contributed by atoms with van der Waals surface area (Å²) in [7, 11) is 0. The molecule has 0 aliphatic heterocycles. The first-order valence-corrected chi connectivity index (χ1v) is 8.20. The number of aryl methyl sites for hydroxylation is 1. The summed E-state index contributed by atoms with van der Waals surface area (Å²) in [6.45, 7) is 3.50. The van der Waals surface area contributed by atoms with Crippen LogP contribution in [0.5, 0.6) is 0 Å². The predicted octanol–water partition coefficient (Wildman–Crippen LogP) is 5.06. The normalized spacial score (nSPS) is 11.8. The average molecular weight is 378 g/mol. The highest BCUT2D eigenvalue weighted by atomic mass is 35.5. The van der Waals surface area contributed by atoms with E-state index in [-0.39, 0.29) is 11.4 Å². The first kappa shape index (κ1) is 17.5. The van der Waals surface area contributed by atoms with E-state index in [2.05, 4.69) is 10.1 Å². The van der Waals surface area contributed by atoms with Gasteiger partial charge in [-0.2, -0.15) is 0 Å². The van der Waals surface area contributed by atoms with Gasteiger partial charge in [-0.3, -0.25) is 14.9 Å². The molecule has 0 saturated heterocycles. The first-order valence-electron chi connectivity index (χ1n) is 7.45. The molecular weight excluding hydrogens is 364 g/mol. The van der Waals surface area contributed by atoms with Crippen molar-refractivity contribution < 1.29 is 4.39 Å². The number of H-pyrrole nitrogens is 1. The topological polar surface area (TPSA) is 50.1 Å². The summed E-state index contributed by atoms with van der Waals surface area (Å²) in [6.07, 6.45) is 0. The molecule has 25 heavy (non-hydrogen) atoms. The third-order valence-electron chi connectivity index (χ3n) is 3.71. The second-order valence-corrected chi connectivity index (χ2v) is 6.37. The lowest BCUT2D eigenvalue weighted by Crippen LogP contribution is -2.19. The zero-order valence-corrected chi connectivity index (χ0v) is 15.0. The number of nitrogens with zero attached hydrogens (tertiary/aromatic N) is 2. The van der Waals surface area contributed by atoms with E-state index < -0.39 is 0 Å². The number of aromatic nitrogens is 2. The minimum atomic E-state index is -0.367. The molecule has 3 aromatic rings. The number of hydrogen-bond donors (Lipinski definition) is 1. The summed E-state index contributed by atoms with van der Waals surface area (Å²) >= 11 is 12.1. The lowest BCUT2D eigenvalue weighted by atomic mass is 10.1. The van der Waals surface area contributed by atoms with Gasteiger partial charge >= 0.3 is 0 Å². The van der Waals surface area contributed by atoms with Gasteiger partial charge in [-0.25, -0.2) is 9.07 Å².